The van der Waals surface area contributed by atoms with Crippen LogP contribution in [0, 0.1) is 0 Å². The molecule has 1 aromatic carbocycles. The molecular formula is C15H20Cl2N2O2. The van der Waals surface area contributed by atoms with E-state index in [1.165, 1.54) is 0 Å². The zero-order valence-electron chi connectivity index (χ0n) is 11.7. The van der Waals surface area contributed by atoms with Gasteiger partial charge in [0.25, 0.3) is 0 Å². The molecule has 0 bridgehead atoms. The Morgan fingerprint density at radius 2 is 1.86 bits per heavy atom. The number of carbonyl (C=O) groups excluding carboxylic acids is 1. The van der Waals surface area contributed by atoms with Crippen LogP contribution in [0.5, 0.6) is 0 Å². The number of para-hydroxylation sites is 1. The molecule has 6 heteroatoms. The Kier molecular flexibility index (Phi) is 6.30. The zero-order chi connectivity index (χ0) is 15.2. The first kappa shape index (κ1) is 16.6. The Labute approximate surface area is 134 Å². The number of halogens is 2. The molecule has 0 radical (unpaired) electrons. The van der Waals surface area contributed by atoms with Gasteiger partial charge in [-0.15, -0.1) is 0 Å². The molecular weight excluding hydrogens is 311 g/mol. The van der Waals surface area contributed by atoms with Gasteiger partial charge in [-0.05, 0) is 25.0 Å². The number of aliphatic hydroxyl groups is 1. The molecule has 1 aromatic rings. The first-order chi connectivity index (χ1) is 10.1. The number of amides is 1. The topological polar surface area (TPSA) is 61.4 Å². The number of rotatable bonds is 4. The van der Waals surface area contributed by atoms with Gasteiger partial charge in [0.05, 0.1) is 28.4 Å². The number of benzene rings is 1. The lowest BCUT2D eigenvalue weighted by Crippen LogP contribution is -2.42. The van der Waals surface area contributed by atoms with Crippen molar-refractivity contribution in [2.24, 2.45) is 0 Å². The van der Waals surface area contributed by atoms with Gasteiger partial charge in [0.2, 0.25) is 5.91 Å². The molecule has 2 rings (SSSR count). The third-order valence-electron chi connectivity index (χ3n) is 3.73. The molecule has 1 aliphatic carbocycles. The van der Waals surface area contributed by atoms with Crippen molar-refractivity contribution in [2.45, 2.75) is 44.2 Å². The third kappa shape index (κ3) is 4.85. The number of hydrogen-bond acceptors (Lipinski definition) is 3. The van der Waals surface area contributed by atoms with Crippen molar-refractivity contribution in [3.63, 3.8) is 0 Å². The van der Waals surface area contributed by atoms with Gasteiger partial charge in [0.15, 0.2) is 0 Å². The molecule has 1 fully saturated rings. The predicted octanol–water partition coefficient (Wildman–Crippen LogP) is 3.22. The van der Waals surface area contributed by atoms with Crippen molar-refractivity contribution in [1.29, 1.82) is 0 Å². The Morgan fingerprint density at radius 1 is 1.19 bits per heavy atom. The van der Waals surface area contributed by atoms with Gasteiger partial charge in [0.1, 0.15) is 0 Å². The van der Waals surface area contributed by atoms with E-state index in [0.29, 0.717) is 15.7 Å². The van der Waals surface area contributed by atoms with Gasteiger partial charge < -0.3 is 15.7 Å². The van der Waals surface area contributed by atoms with Crippen LogP contribution in [0.3, 0.4) is 0 Å². The summed E-state index contributed by atoms with van der Waals surface area (Å²) in [6.45, 7) is 0.128. The van der Waals surface area contributed by atoms with Crippen LogP contribution in [0.15, 0.2) is 18.2 Å². The van der Waals surface area contributed by atoms with Crippen LogP contribution in [0.25, 0.3) is 0 Å². The smallest absolute Gasteiger partial charge is 0.238 e. The largest absolute Gasteiger partial charge is 0.392 e. The second-order valence-electron chi connectivity index (χ2n) is 5.34. The minimum absolute atomic E-state index is 0.0278. The number of hydrogen-bond donors (Lipinski definition) is 3. The Hall–Kier alpha value is -0.810. The Balaban J connectivity index is 1.87. The lowest BCUT2D eigenvalue weighted by atomic mass is 10.1. The van der Waals surface area contributed by atoms with E-state index in [4.69, 9.17) is 23.2 Å². The molecule has 0 heterocycles. The molecule has 0 saturated heterocycles. The summed E-state index contributed by atoms with van der Waals surface area (Å²) in [6.07, 6.45) is 4.55. The molecule has 2 unspecified atom stereocenters. The van der Waals surface area contributed by atoms with E-state index in [-0.39, 0.29) is 24.6 Å². The second-order valence-corrected chi connectivity index (χ2v) is 6.15. The van der Waals surface area contributed by atoms with Crippen LogP contribution in [0.2, 0.25) is 10.0 Å². The zero-order valence-corrected chi connectivity index (χ0v) is 13.3. The molecule has 116 valence electrons. The monoisotopic (exact) mass is 330 g/mol. The van der Waals surface area contributed by atoms with Gasteiger partial charge >= 0.3 is 0 Å². The average molecular weight is 331 g/mol. The van der Waals surface area contributed by atoms with E-state index < -0.39 is 0 Å². The van der Waals surface area contributed by atoms with Crippen molar-refractivity contribution in [3.8, 4) is 0 Å². The van der Waals surface area contributed by atoms with E-state index in [0.717, 1.165) is 32.1 Å². The fraction of sp³-hybridized carbons (Fsp3) is 0.533. The van der Waals surface area contributed by atoms with Crippen molar-refractivity contribution < 1.29 is 9.90 Å². The van der Waals surface area contributed by atoms with Crippen LogP contribution in [0.1, 0.15) is 32.1 Å². The van der Waals surface area contributed by atoms with Gasteiger partial charge in [-0.1, -0.05) is 48.5 Å². The number of anilines is 1. The van der Waals surface area contributed by atoms with Crippen molar-refractivity contribution in [2.75, 3.05) is 11.9 Å². The van der Waals surface area contributed by atoms with E-state index in [1.54, 1.807) is 18.2 Å². The highest BCUT2D eigenvalue weighted by Crippen LogP contribution is 2.29. The summed E-state index contributed by atoms with van der Waals surface area (Å²) in [6, 6.07) is 5.04. The van der Waals surface area contributed by atoms with Crippen LogP contribution >= 0.6 is 23.2 Å². The summed E-state index contributed by atoms with van der Waals surface area (Å²) in [5.41, 5.74) is 0.425. The summed E-state index contributed by atoms with van der Waals surface area (Å²) in [5.74, 6) is -0.221. The average Bonchev–Trinajstić information content (AvgIpc) is 2.65. The van der Waals surface area contributed by atoms with Crippen LogP contribution < -0.4 is 10.6 Å². The molecule has 1 saturated carbocycles. The summed E-state index contributed by atoms with van der Waals surface area (Å²) >= 11 is 12.0. The molecule has 4 nitrogen and oxygen atoms in total. The molecule has 0 spiro atoms. The van der Waals surface area contributed by atoms with Crippen molar-refractivity contribution in [1.82, 2.24) is 5.32 Å². The molecule has 1 amide bonds. The minimum atomic E-state index is -0.385. The van der Waals surface area contributed by atoms with Crippen LogP contribution in [0.4, 0.5) is 5.69 Å². The molecule has 21 heavy (non-hydrogen) atoms. The first-order valence-corrected chi connectivity index (χ1v) is 7.99. The Bertz CT molecular complexity index is 476. The van der Waals surface area contributed by atoms with Crippen molar-refractivity contribution in [3.05, 3.63) is 28.2 Å². The maximum atomic E-state index is 12.0. The van der Waals surface area contributed by atoms with Gasteiger partial charge in [-0.3, -0.25) is 4.79 Å². The normalized spacial score (nSPS) is 22.6. The minimum Gasteiger partial charge on any atom is -0.392 e. The number of carbonyl (C=O) groups is 1. The summed E-state index contributed by atoms with van der Waals surface area (Å²) in [7, 11) is 0. The van der Waals surface area contributed by atoms with Crippen LogP contribution in [-0.2, 0) is 4.79 Å². The summed E-state index contributed by atoms with van der Waals surface area (Å²) in [5, 5.41) is 16.6. The van der Waals surface area contributed by atoms with Gasteiger partial charge in [-0.2, -0.15) is 0 Å². The standard InChI is InChI=1S/C15H20Cl2N2O2/c16-10-5-4-6-11(17)15(10)19-14(21)9-18-12-7-2-1-3-8-13(12)20/h4-6,12-13,18,20H,1-3,7-9H2,(H,19,21). The quantitative estimate of drug-likeness (QED) is 0.743. The highest BCUT2D eigenvalue weighted by molar-refractivity contribution is 6.39. The lowest BCUT2D eigenvalue weighted by molar-refractivity contribution is -0.115. The Morgan fingerprint density at radius 3 is 2.57 bits per heavy atom. The van der Waals surface area contributed by atoms with Crippen molar-refractivity contribution >= 4 is 34.8 Å². The van der Waals surface area contributed by atoms with E-state index in [9.17, 15) is 9.90 Å². The molecule has 2 atom stereocenters. The van der Waals surface area contributed by atoms with E-state index in [2.05, 4.69) is 10.6 Å². The summed E-state index contributed by atoms with van der Waals surface area (Å²) in [4.78, 5) is 12.0. The van der Waals surface area contributed by atoms with E-state index in [1.807, 2.05) is 0 Å². The maximum Gasteiger partial charge on any atom is 0.238 e. The second kappa shape index (κ2) is 7.99. The highest BCUT2D eigenvalue weighted by atomic mass is 35.5. The molecule has 0 aromatic heterocycles. The number of aliphatic hydroxyl groups excluding tert-OH is 1. The highest BCUT2D eigenvalue weighted by Gasteiger charge is 2.21. The van der Waals surface area contributed by atoms with Crippen LogP contribution in [-0.4, -0.2) is 29.7 Å². The lowest BCUT2D eigenvalue weighted by Gasteiger charge is -2.21. The molecule has 0 aliphatic heterocycles. The molecule has 1 aliphatic rings. The van der Waals surface area contributed by atoms with Gasteiger partial charge in [0, 0.05) is 6.04 Å². The number of nitrogens with one attached hydrogen (secondary N) is 2. The fourth-order valence-electron chi connectivity index (χ4n) is 2.55. The summed E-state index contributed by atoms with van der Waals surface area (Å²) < 4.78 is 0. The fourth-order valence-corrected chi connectivity index (χ4v) is 3.04. The first-order valence-electron chi connectivity index (χ1n) is 7.23. The van der Waals surface area contributed by atoms with Gasteiger partial charge in [-0.25, -0.2) is 0 Å². The predicted molar refractivity (Wildman–Crippen MR) is 86.0 cm³/mol. The third-order valence-corrected chi connectivity index (χ3v) is 4.36. The molecule has 3 N–H and O–H groups in total. The maximum absolute atomic E-state index is 12.0. The SMILES string of the molecule is O=C(CNC1CCCCCC1O)Nc1c(Cl)cccc1Cl. The van der Waals surface area contributed by atoms with E-state index >= 15 is 0 Å².